The van der Waals surface area contributed by atoms with Crippen molar-refractivity contribution in [3.63, 3.8) is 0 Å². The minimum Gasteiger partial charge on any atom is -0.494 e. The fraction of sp³-hybridized carbons (Fsp3) is 0.529. The second kappa shape index (κ2) is 7.94. The molecule has 1 N–H and O–H groups in total. The summed E-state index contributed by atoms with van der Waals surface area (Å²) in [5, 5.41) is 17.6. The van der Waals surface area contributed by atoms with Crippen LogP contribution in [-0.4, -0.2) is 26.7 Å². The number of rotatable bonds is 8. The zero-order valence-electron chi connectivity index (χ0n) is 13.6. The molecule has 1 aromatic heterocycles. The van der Waals surface area contributed by atoms with Gasteiger partial charge in [0.05, 0.1) is 18.9 Å². The van der Waals surface area contributed by atoms with E-state index in [2.05, 4.69) is 31.1 Å². The van der Waals surface area contributed by atoms with Crippen LogP contribution in [0.25, 0.3) is 0 Å². The molecule has 1 heterocycles. The molecule has 5 heteroatoms. The molecule has 0 atom stereocenters. The smallest absolute Gasteiger partial charge is 0.119 e. The van der Waals surface area contributed by atoms with E-state index in [1.807, 2.05) is 28.9 Å². The van der Waals surface area contributed by atoms with Crippen molar-refractivity contribution in [1.29, 1.82) is 0 Å². The van der Waals surface area contributed by atoms with Crippen LogP contribution in [0.4, 0.5) is 0 Å². The topological polar surface area (TPSA) is 60.2 Å². The van der Waals surface area contributed by atoms with Crippen molar-refractivity contribution in [2.75, 3.05) is 6.61 Å². The van der Waals surface area contributed by atoms with Gasteiger partial charge in [-0.1, -0.05) is 36.8 Å². The highest BCUT2D eigenvalue weighted by atomic mass is 16.5. The molecule has 1 aromatic carbocycles. The molecule has 0 spiro atoms. The van der Waals surface area contributed by atoms with Gasteiger partial charge in [0.15, 0.2) is 0 Å². The van der Waals surface area contributed by atoms with E-state index in [9.17, 15) is 5.11 Å². The summed E-state index contributed by atoms with van der Waals surface area (Å²) in [5.74, 6) is 1.40. The van der Waals surface area contributed by atoms with Gasteiger partial charge in [0.25, 0.3) is 0 Å². The zero-order chi connectivity index (χ0) is 15.9. The molecule has 0 amide bonds. The number of hydrogen-bond acceptors (Lipinski definition) is 4. The maximum atomic E-state index is 9.35. The number of aliphatic hydroxyl groups is 1. The molecule has 0 aliphatic rings. The van der Waals surface area contributed by atoms with E-state index in [4.69, 9.17) is 4.74 Å². The van der Waals surface area contributed by atoms with Gasteiger partial charge in [0.1, 0.15) is 11.4 Å². The highest BCUT2D eigenvalue weighted by molar-refractivity contribution is 5.26. The van der Waals surface area contributed by atoms with E-state index in [-0.39, 0.29) is 6.61 Å². The Balaban J connectivity index is 1.86. The summed E-state index contributed by atoms with van der Waals surface area (Å²) in [7, 11) is 0. The van der Waals surface area contributed by atoms with E-state index in [1.54, 1.807) is 0 Å². The molecule has 2 aromatic rings. The molecule has 120 valence electrons. The van der Waals surface area contributed by atoms with Crippen molar-refractivity contribution in [1.82, 2.24) is 15.0 Å². The minimum atomic E-state index is -0.0537. The molecule has 0 fully saturated rings. The van der Waals surface area contributed by atoms with Gasteiger partial charge in [0, 0.05) is 13.0 Å². The fourth-order valence-corrected chi connectivity index (χ4v) is 2.32. The molecule has 0 saturated heterocycles. The SMILES string of the molecule is Cc1ccc(OCCCn2nnc(CO)c2CC(C)C)cc1. The van der Waals surface area contributed by atoms with Gasteiger partial charge in [-0.3, -0.25) is 0 Å². The third kappa shape index (κ3) is 4.56. The van der Waals surface area contributed by atoms with Gasteiger partial charge in [-0.15, -0.1) is 5.10 Å². The fourth-order valence-electron chi connectivity index (χ4n) is 2.32. The zero-order valence-corrected chi connectivity index (χ0v) is 13.6. The van der Waals surface area contributed by atoms with Gasteiger partial charge >= 0.3 is 0 Å². The first-order valence-corrected chi connectivity index (χ1v) is 7.81. The molecule has 0 aliphatic carbocycles. The average Bonchev–Trinajstić information content (AvgIpc) is 2.87. The summed E-state index contributed by atoms with van der Waals surface area (Å²) in [5.41, 5.74) is 2.95. The van der Waals surface area contributed by atoms with Crippen LogP contribution in [-0.2, 0) is 19.6 Å². The second-order valence-electron chi connectivity index (χ2n) is 5.98. The Morgan fingerprint density at radius 2 is 1.95 bits per heavy atom. The molecule has 0 unspecified atom stereocenters. The molecule has 0 radical (unpaired) electrons. The van der Waals surface area contributed by atoms with Crippen LogP contribution >= 0.6 is 0 Å². The largest absolute Gasteiger partial charge is 0.494 e. The highest BCUT2D eigenvalue weighted by Gasteiger charge is 2.13. The first-order chi connectivity index (χ1) is 10.6. The molecule has 5 nitrogen and oxygen atoms in total. The first-order valence-electron chi connectivity index (χ1n) is 7.81. The van der Waals surface area contributed by atoms with Crippen molar-refractivity contribution in [2.24, 2.45) is 5.92 Å². The number of nitrogens with zero attached hydrogens (tertiary/aromatic N) is 3. The summed E-state index contributed by atoms with van der Waals surface area (Å²) in [6.07, 6.45) is 1.73. The molecule has 0 bridgehead atoms. The third-order valence-electron chi connectivity index (χ3n) is 3.47. The lowest BCUT2D eigenvalue weighted by atomic mass is 10.1. The van der Waals surface area contributed by atoms with E-state index in [0.717, 1.165) is 30.8 Å². The van der Waals surface area contributed by atoms with Crippen molar-refractivity contribution in [2.45, 2.75) is 46.8 Å². The van der Waals surface area contributed by atoms with Crippen molar-refractivity contribution < 1.29 is 9.84 Å². The van der Waals surface area contributed by atoms with Crippen molar-refractivity contribution in [3.05, 3.63) is 41.2 Å². The van der Waals surface area contributed by atoms with Crippen LogP contribution in [0, 0.1) is 12.8 Å². The summed E-state index contributed by atoms with van der Waals surface area (Å²) in [4.78, 5) is 0. The van der Waals surface area contributed by atoms with Crippen LogP contribution in [0.3, 0.4) is 0 Å². The van der Waals surface area contributed by atoms with Gasteiger partial charge in [-0.2, -0.15) is 0 Å². The number of aromatic nitrogens is 3. The van der Waals surface area contributed by atoms with E-state index >= 15 is 0 Å². The summed E-state index contributed by atoms with van der Waals surface area (Å²) >= 11 is 0. The highest BCUT2D eigenvalue weighted by Crippen LogP contribution is 2.14. The second-order valence-corrected chi connectivity index (χ2v) is 5.98. The normalized spacial score (nSPS) is 11.1. The van der Waals surface area contributed by atoms with Gasteiger partial charge < -0.3 is 9.84 Å². The molecular formula is C17H25N3O2. The number of ether oxygens (including phenoxy) is 1. The van der Waals surface area contributed by atoms with E-state index in [0.29, 0.717) is 18.2 Å². The number of aryl methyl sites for hydroxylation is 2. The van der Waals surface area contributed by atoms with Crippen LogP contribution in [0.15, 0.2) is 24.3 Å². The lowest BCUT2D eigenvalue weighted by molar-refractivity contribution is 0.274. The summed E-state index contributed by atoms with van der Waals surface area (Å²) in [6, 6.07) is 8.06. The van der Waals surface area contributed by atoms with E-state index < -0.39 is 0 Å². The first kappa shape index (κ1) is 16.5. The van der Waals surface area contributed by atoms with Gasteiger partial charge in [0.2, 0.25) is 0 Å². The predicted molar refractivity (Wildman–Crippen MR) is 85.8 cm³/mol. The van der Waals surface area contributed by atoms with Gasteiger partial charge in [-0.25, -0.2) is 4.68 Å². The third-order valence-corrected chi connectivity index (χ3v) is 3.47. The van der Waals surface area contributed by atoms with Crippen LogP contribution in [0.5, 0.6) is 5.75 Å². The summed E-state index contributed by atoms with van der Waals surface area (Å²) in [6.45, 7) is 7.70. The van der Waals surface area contributed by atoms with Crippen molar-refractivity contribution >= 4 is 0 Å². The number of benzene rings is 1. The Labute approximate surface area is 131 Å². The Hall–Kier alpha value is -1.88. The van der Waals surface area contributed by atoms with Crippen LogP contribution < -0.4 is 4.74 Å². The van der Waals surface area contributed by atoms with Crippen LogP contribution in [0.1, 0.15) is 37.2 Å². The quantitative estimate of drug-likeness (QED) is 0.762. The minimum absolute atomic E-state index is 0.0537. The Morgan fingerprint density at radius 3 is 2.59 bits per heavy atom. The van der Waals surface area contributed by atoms with Crippen LogP contribution in [0.2, 0.25) is 0 Å². The van der Waals surface area contributed by atoms with E-state index in [1.165, 1.54) is 5.56 Å². The van der Waals surface area contributed by atoms with Crippen molar-refractivity contribution in [3.8, 4) is 5.75 Å². The monoisotopic (exact) mass is 303 g/mol. The number of hydrogen-bond donors (Lipinski definition) is 1. The standard InChI is InChI=1S/C17H25N3O2/c1-13(2)11-17-16(12-21)18-19-20(17)9-4-10-22-15-7-5-14(3)6-8-15/h5-8,13,21H,4,9-12H2,1-3H3. The molecule has 0 aliphatic heterocycles. The predicted octanol–water partition coefficient (Wildman–Crippen LogP) is 2.75. The maximum absolute atomic E-state index is 9.35. The average molecular weight is 303 g/mol. The molecule has 0 saturated carbocycles. The Kier molecular flexibility index (Phi) is 5.95. The maximum Gasteiger partial charge on any atom is 0.119 e. The summed E-state index contributed by atoms with van der Waals surface area (Å²) < 4.78 is 7.62. The lowest BCUT2D eigenvalue weighted by Crippen LogP contribution is -2.11. The Morgan fingerprint density at radius 1 is 1.23 bits per heavy atom. The molecule has 22 heavy (non-hydrogen) atoms. The Bertz CT molecular complexity index is 576. The number of aliphatic hydroxyl groups excluding tert-OH is 1. The molecule has 2 rings (SSSR count). The lowest BCUT2D eigenvalue weighted by Gasteiger charge is -2.10. The van der Waals surface area contributed by atoms with Gasteiger partial charge in [-0.05, 0) is 31.4 Å². The molecular weight excluding hydrogens is 278 g/mol.